The Bertz CT molecular complexity index is 119. The summed E-state index contributed by atoms with van der Waals surface area (Å²) in [6, 6.07) is 0. The Kier molecular flexibility index (Phi) is 2.45. The molecular formula is C5H13N3O. The Hall–Kier alpha value is -0.770. The molecule has 0 aromatic rings. The highest BCUT2D eigenvalue weighted by Gasteiger charge is 2.19. The van der Waals surface area contributed by atoms with Crippen LogP contribution in [0.5, 0.6) is 0 Å². The minimum Gasteiger partial charge on any atom is -0.409 e. The topological polar surface area (TPSA) is 70.6 Å². The van der Waals surface area contributed by atoms with Crippen molar-refractivity contribution in [2.45, 2.75) is 19.4 Å². The fraction of sp³-hybridized carbons (Fsp3) is 0.800. The molecule has 0 bridgehead atoms. The number of hydrogen-bond acceptors (Lipinski definition) is 3. The Labute approximate surface area is 54.7 Å². The average Bonchev–Trinajstić information content (AvgIpc) is 1.86. The molecule has 0 amide bonds. The fourth-order valence-corrected chi connectivity index (χ4v) is 0.253. The van der Waals surface area contributed by atoms with Gasteiger partial charge in [0.15, 0.2) is 5.84 Å². The van der Waals surface area contributed by atoms with Gasteiger partial charge in [0.25, 0.3) is 0 Å². The van der Waals surface area contributed by atoms with Crippen LogP contribution in [0.2, 0.25) is 0 Å². The fourth-order valence-electron chi connectivity index (χ4n) is 0.253. The summed E-state index contributed by atoms with van der Waals surface area (Å²) >= 11 is 0. The summed E-state index contributed by atoms with van der Waals surface area (Å²) < 4.78 is 0. The van der Waals surface area contributed by atoms with Crippen LogP contribution in [0.15, 0.2) is 5.16 Å². The van der Waals surface area contributed by atoms with Crippen molar-refractivity contribution < 1.29 is 5.21 Å². The second kappa shape index (κ2) is 2.68. The van der Waals surface area contributed by atoms with Crippen molar-refractivity contribution in [2.24, 2.45) is 10.9 Å². The quantitative estimate of drug-likeness (QED) is 0.209. The van der Waals surface area contributed by atoms with Crippen molar-refractivity contribution in [3.05, 3.63) is 0 Å². The van der Waals surface area contributed by atoms with E-state index in [1.165, 1.54) is 0 Å². The van der Waals surface area contributed by atoms with Gasteiger partial charge in [0, 0.05) is 0 Å². The van der Waals surface area contributed by atoms with Crippen molar-refractivity contribution in [2.75, 3.05) is 7.05 Å². The summed E-state index contributed by atoms with van der Waals surface area (Å²) in [4.78, 5) is 0. The largest absolute Gasteiger partial charge is 0.409 e. The van der Waals surface area contributed by atoms with E-state index in [9.17, 15) is 0 Å². The second-order valence-electron chi connectivity index (χ2n) is 2.36. The summed E-state index contributed by atoms with van der Waals surface area (Å²) in [5, 5.41) is 14.0. The van der Waals surface area contributed by atoms with Crippen molar-refractivity contribution in [3.8, 4) is 0 Å². The predicted octanol–water partition coefficient (Wildman–Crippen LogP) is -0.269. The monoisotopic (exact) mass is 131 g/mol. The van der Waals surface area contributed by atoms with Crippen molar-refractivity contribution >= 4 is 5.84 Å². The van der Waals surface area contributed by atoms with Gasteiger partial charge in [0.2, 0.25) is 0 Å². The highest BCUT2D eigenvalue weighted by Crippen LogP contribution is 1.98. The minimum absolute atomic E-state index is 0.185. The molecule has 4 N–H and O–H groups in total. The zero-order chi connectivity index (χ0) is 7.49. The van der Waals surface area contributed by atoms with Gasteiger partial charge in [-0.1, -0.05) is 5.16 Å². The lowest BCUT2D eigenvalue weighted by Crippen LogP contribution is -2.48. The Morgan fingerprint density at radius 2 is 2.11 bits per heavy atom. The molecule has 0 saturated heterocycles. The molecule has 4 nitrogen and oxygen atoms in total. The number of nitrogens with one attached hydrogen (secondary N) is 1. The van der Waals surface area contributed by atoms with Gasteiger partial charge < -0.3 is 16.3 Å². The first kappa shape index (κ1) is 8.23. The van der Waals surface area contributed by atoms with Crippen LogP contribution in [0.4, 0.5) is 0 Å². The minimum atomic E-state index is -0.422. The molecule has 0 aliphatic rings. The van der Waals surface area contributed by atoms with Crippen molar-refractivity contribution in [3.63, 3.8) is 0 Å². The first-order chi connectivity index (χ1) is 4.04. The maximum absolute atomic E-state index is 8.22. The number of hydrogen-bond donors (Lipinski definition) is 3. The summed E-state index contributed by atoms with van der Waals surface area (Å²) in [5.74, 6) is 0.185. The van der Waals surface area contributed by atoms with Gasteiger partial charge in [-0.15, -0.1) is 0 Å². The van der Waals surface area contributed by atoms with E-state index in [1.54, 1.807) is 7.05 Å². The third-order valence-corrected chi connectivity index (χ3v) is 1.37. The van der Waals surface area contributed by atoms with E-state index in [2.05, 4.69) is 10.5 Å². The molecule has 54 valence electrons. The van der Waals surface area contributed by atoms with E-state index >= 15 is 0 Å². The molecule has 0 aromatic heterocycles. The maximum Gasteiger partial charge on any atom is 0.158 e. The van der Waals surface area contributed by atoms with E-state index in [-0.39, 0.29) is 5.84 Å². The molecule has 0 fully saturated rings. The lowest BCUT2D eigenvalue weighted by molar-refractivity contribution is 0.311. The van der Waals surface area contributed by atoms with Crippen LogP contribution in [0.3, 0.4) is 0 Å². The molecular weight excluding hydrogens is 118 g/mol. The molecule has 0 saturated carbocycles. The van der Waals surface area contributed by atoms with Crippen LogP contribution < -0.4 is 11.1 Å². The normalized spacial score (nSPS) is 13.9. The lowest BCUT2D eigenvalue weighted by atomic mass is 10.1. The zero-order valence-electron chi connectivity index (χ0n) is 5.97. The summed E-state index contributed by atoms with van der Waals surface area (Å²) in [5.41, 5.74) is 4.88. The van der Waals surface area contributed by atoms with Crippen LogP contribution in [0.25, 0.3) is 0 Å². The Morgan fingerprint density at radius 3 is 2.22 bits per heavy atom. The van der Waals surface area contributed by atoms with Gasteiger partial charge >= 0.3 is 0 Å². The van der Waals surface area contributed by atoms with Gasteiger partial charge in [0.1, 0.15) is 0 Å². The van der Waals surface area contributed by atoms with Gasteiger partial charge in [-0.2, -0.15) is 0 Å². The summed E-state index contributed by atoms with van der Waals surface area (Å²) in [7, 11) is 1.75. The Balaban J connectivity index is 4.14. The molecule has 0 rings (SSSR count). The molecule has 0 atom stereocenters. The molecule has 0 heterocycles. The van der Waals surface area contributed by atoms with Crippen LogP contribution in [-0.4, -0.2) is 23.6 Å². The van der Waals surface area contributed by atoms with Gasteiger partial charge in [0.05, 0.1) is 5.54 Å². The van der Waals surface area contributed by atoms with Crippen LogP contribution >= 0.6 is 0 Å². The second-order valence-corrected chi connectivity index (χ2v) is 2.36. The molecule has 0 aromatic carbocycles. The van der Waals surface area contributed by atoms with Crippen LogP contribution in [0.1, 0.15) is 13.8 Å². The van der Waals surface area contributed by atoms with Gasteiger partial charge in [-0.3, -0.25) is 0 Å². The standard InChI is InChI=1S/C5H13N3O/c1-5(2,7-3)4(6)8-9/h7,9H,1-3H3,(H2,6,8). The molecule has 0 radical (unpaired) electrons. The molecule has 4 heteroatoms. The van der Waals surface area contributed by atoms with E-state index in [1.807, 2.05) is 13.8 Å². The van der Waals surface area contributed by atoms with Gasteiger partial charge in [-0.05, 0) is 20.9 Å². The smallest absolute Gasteiger partial charge is 0.158 e. The molecule has 0 aliphatic carbocycles. The first-order valence-electron chi connectivity index (χ1n) is 2.71. The predicted molar refractivity (Wildman–Crippen MR) is 36.5 cm³/mol. The molecule has 0 spiro atoms. The lowest BCUT2D eigenvalue weighted by Gasteiger charge is -2.21. The number of amidine groups is 1. The SMILES string of the molecule is CNC(C)(C)C(N)=NO. The number of oxime groups is 1. The van der Waals surface area contributed by atoms with E-state index in [4.69, 9.17) is 10.9 Å². The average molecular weight is 131 g/mol. The summed E-state index contributed by atoms with van der Waals surface area (Å²) in [6.07, 6.45) is 0. The highest BCUT2D eigenvalue weighted by atomic mass is 16.4. The third-order valence-electron chi connectivity index (χ3n) is 1.37. The van der Waals surface area contributed by atoms with E-state index < -0.39 is 5.54 Å². The zero-order valence-corrected chi connectivity index (χ0v) is 5.97. The number of nitrogens with two attached hydrogens (primary N) is 1. The number of rotatable bonds is 2. The van der Waals surface area contributed by atoms with Crippen LogP contribution in [0, 0.1) is 0 Å². The third kappa shape index (κ3) is 1.89. The van der Waals surface area contributed by atoms with E-state index in [0.717, 1.165) is 0 Å². The molecule has 0 unspecified atom stereocenters. The first-order valence-corrected chi connectivity index (χ1v) is 2.71. The molecule has 9 heavy (non-hydrogen) atoms. The number of nitrogens with zero attached hydrogens (tertiary/aromatic N) is 1. The van der Waals surface area contributed by atoms with Crippen molar-refractivity contribution in [1.82, 2.24) is 5.32 Å². The highest BCUT2D eigenvalue weighted by molar-refractivity contribution is 5.88. The summed E-state index contributed by atoms with van der Waals surface area (Å²) in [6.45, 7) is 3.64. The van der Waals surface area contributed by atoms with E-state index in [0.29, 0.717) is 0 Å². The number of likely N-dealkylation sites (N-methyl/N-ethyl adjacent to an activating group) is 1. The van der Waals surface area contributed by atoms with Crippen LogP contribution in [-0.2, 0) is 0 Å². The Morgan fingerprint density at radius 1 is 1.67 bits per heavy atom. The van der Waals surface area contributed by atoms with Gasteiger partial charge in [-0.25, -0.2) is 0 Å². The van der Waals surface area contributed by atoms with Crippen molar-refractivity contribution in [1.29, 1.82) is 0 Å². The molecule has 0 aliphatic heterocycles. The maximum atomic E-state index is 8.22.